The molecule has 2 heterocycles. The van der Waals surface area contributed by atoms with Gasteiger partial charge in [0.1, 0.15) is 24.5 Å². The molecule has 0 radical (unpaired) electrons. The molecule has 196 valence electrons. The Morgan fingerprint density at radius 1 is 1.19 bits per heavy atom. The number of nitrogens with zero attached hydrogens (tertiary/aromatic N) is 3. The predicted molar refractivity (Wildman–Crippen MR) is 135 cm³/mol. The van der Waals surface area contributed by atoms with Crippen LogP contribution in [0.5, 0.6) is 23.1 Å². The van der Waals surface area contributed by atoms with Crippen molar-refractivity contribution in [3.63, 3.8) is 0 Å². The van der Waals surface area contributed by atoms with Gasteiger partial charge in [-0.25, -0.2) is 19.2 Å². The normalized spacial score (nSPS) is 16.7. The summed E-state index contributed by atoms with van der Waals surface area (Å²) in [6.45, 7) is 5.79. The van der Waals surface area contributed by atoms with Crippen LogP contribution >= 0.6 is 0 Å². The maximum Gasteiger partial charge on any atom is 0.319 e. The maximum absolute atomic E-state index is 14.6. The highest BCUT2D eigenvalue weighted by atomic mass is 19.1. The molecule has 2 amide bonds. The maximum atomic E-state index is 14.6. The lowest BCUT2D eigenvalue weighted by Gasteiger charge is -2.32. The molecule has 1 aromatic heterocycles. The Hall–Kier alpha value is -3.70. The number of carbonyl (C=O) groups is 1. The molecule has 2 aromatic carbocycles. The molecule has 2 N–H and O–H groups in total. The molecule has 1 aliphatic carbocycles. The molecule has 5 rings (SSSR count). The fourth-order valence-corrected chi connectivity index (χ4v) is 4.07. The van der Waals surface area contributed by atoms with Gasteiger partial charge in [0.15, 0.2) is 11.5 Å². The summed E-state index contributed by atoms with van der Waals surface area (Å²) in [5.74, 6) is 0.913. The van der Waals surface area contributed by atoms with E-state index in [2.05, 4.69) is 32.4 Å². The van der Waals surface area contributed by atoms with Crippen molar-refractivity contribution in [2.24, 2.45) is 0 Å². The van der Waals surface area contributed by atoms with Gasteiger partial charge in [-0.3, -0.25) is 4.90 Å². The molecule has 10 nitrogen and oxygen atoms in total. The van der Waals surface area contributed by atoms with Gasteiger partial charge in [-0.1, -0.05) is 0 Å². The zero-order chi connectivity index (χ0) is 25.8. The van der Waals surface area contributed by atoms with Crippen molar-refractivity contribution in [1.29, 1.82) is 0 Å². The molecular weight excluding hydrogens is 481 g/mol. The van der Waals surface area contributed by atoms with Crippen LogP contribution in [0.1, 0.15) is 19.8 Å². The van der Waals surface area contributed by atoms with E-state index in [4.69, 9.17) is 18.9 Å². The predicted octanol–water partition coefficient (Wildman–Crippen LogP) is 3.95. The van der Waals surface area contributed by atoms with E-state index >= 15 is 0 Å². The Balaban J connectivity index is 1.30. The Kier molecular flexibility index (Phi) is 7.52. The van der Waals surface area contributed by atoms with Crippen molar-refractivity contribution in [2.75, 3.05) is 45.3 Å². The Labute approximate surface area is 214 Å². The van der Waals surface area contributed by atoms with Crippen molar-refractivity contribution in [3.8, 4) is 23.1 Å². The molecule has 11 heteroatoms. The van der Waals surface area contributed by atoms with Gasteiger partial charge < -0.3 is 29.6 Å². The van der Waals surface area contributed by atoms with Gasteiger partial charge in [-0.2, -0.15) is 0 Å². The van der Waals surface area contributed by atoms with E-state index in [-0.39, 0.29) is 29.4 Å². The van der Waals surface area contributed by atoms with Crippen molar-refractivity contribution >= 4 is 22.6 Å². The average molecular weight is 512 g/mol. The second kappa shape index (κ2) is 11.1. The molecular formula is C26H30FN5O5. The Morgan fingerprint density at radius 3 is 2.73 bits per heavy atom. The smallest absolute Gasteiger partial charge is 0.319 e. The van der Waals surface area contributed by atoms with Gasteiger partial charge in [-0.15, -0.1) is 0 Å². The summed E-state index contributed by atoms with van der Waals surface area (Å²) in [6, 6.07) is 7.68. The van der Waals surface area contributed by atoms with Gasteiger partial charge in [0.05, 0.1) is 36.9 Å². The minimum Gasteiger partial charge on any atom is -0.493 e. The largest absolute Gasteiger partial charge is 0.493 e. The molecule has 2 aliphatic rings. The van der Waals surface area contributed by atoms with Gasteiger partial charge in [0, 0.05) is 37.3 Å². The van der Waals surface area contributed by atoms with Crippen molar-refractivity contribution in [3.05, 3.63) is 42.5 Å². The first-order chi connectivity index (χ1) is 18.0. The molecule has 1 saturated carbocycles. The summed E-state index contributed by atoms with van der Waals surface area (Å²) >= 11 is 0. The number of rotatable bonds is 9. The SMILES string of the molecule is COc1cc2c(Oc3ccc(NC(=O)NC4CC4)c(F)c3)ncnc2cc1OCC(C)N1CCOCC1. The minimum absolute atomic E-state index is 0.0628. The molecule has 3 aromatic rings. The number of ether oxygens (including phenoxy) is 4. The fourth-order valence-electron chi connectivity index (χ4n) is 4.07. The Bertz CT molecular complexity index is 1270. The van der Waals surface area contributed by atoms with E-state index < -0.39 is 11.8 Å². The highest BCUT2D eigenvalue weighted by Gasteiger charge is 2.24. The van der Waals surface area contributed by atoms with E-state index in [1.807, 2.05) is 0 Å². The lowest BCUT2D eigenvalue weighted by Crippen LogP contribution is -2.44. The van der Waals surface area contributed by atoms with Crippen LogP contribution in [0.2, 0.25) is 0 Å². The van der Waals surface area contributed by atoms with Crippen LogP contribution in [0.4, 0.5) is 14.9 Å². The Morgan fingerprint density at radius 2 is 2.00 bits per heavy atom. The highest BCUT2D eigenvalue weighted by Crippen LogP contribution is 2.36. The van der Waals surface area contributed by atoms with Crippen molar-refractivity contribution < 1.29 is 28.1 Å². The monoisotopic (exact) mass is 511 g/mol. The van der Waals surface area contributed by atoms with Crippen LogP contribution in [0.25, 0.3) is 10.9 Å². The molecule has 0 bridgehead atoms. The zero-order valence-corrected chi connectivity index (χ0v) is 20.8. The van der Waals surface area contributed by atoms with Gasteiger partial charge in [0.2, 0.25) is 5.88 Å². The number of fused-ring (bicyclic) bond motifs is 1. The molecule has 1 unspecified atom stereocenters. The van der Waals surface area contributed by atoms with Crippen molar-refractivity contribution in [1.82, 2.24) is 20.2 Å². The lowest BCUT2D eigenvalue weighted by molar-refractivity contribution is 0.0103. The molecule has 2 fully saturated rings. The number of carbonyl (C=O) groups excluding carboxylic acids is 1. The average Bonchev–Trinajstić information content (AvgIpc) is 3.73. The van der Waals surface area contributed by atoms with Crippen LogP contribution in [0, 0.1) is 5.82 Å². The number of aromatic nitrogens is 2. The van der Waals surface area contributed by atoms with E-state index in [0.29, 0.717) is 29.0 Å². The van der Waals surface area contributed by atoms with E-state index in [9.17, 15) is 9.18 Å². The number of methoxy groups -OCH3 is 1. The molecule has 1 atom stereocenters. The number of amides is 2. The number of morpholine rings is 1. The number of hydrogen-bond donors (Lipinski definition) is 2. The summed E-state index contributed by atoms with van der Waals surface area (Å²) in [5, 5.41) is 5.86. The van der Waals surface area contributed by atoms with Gasteiger partial charge in [-0.05, 0) is 38.0 Å². The van der Waals surface area contributed by atoms with Crippen LogP contribution in [0.15, 0.2) is 36.7 Å². The standard InChI is InChI=1S/C26H30FN5O5/c1-16(32-7-9-35-10-8-32)14-36-24-13-22-19(12-23(24)34-2)25(29-15-28-22)37-18-5-6-21(20(27)11-18)31-26(33)30-17-3-4-17/h5-6,11-13,15-17H,3-4,7-10,14H2,1-2H3,(H2,30,31,33). The summed E-state index contributed by atoms with van der Waals surface area (Å²) < 4.78 is 37.6. The number of anilines is 1. The highest BCUT2D eigenvalue weighted by molar-refractivity contribution is 5.90. The zero-order valence-electron chi connectivity index (χ0n) is 20.8. The van der Waals surface area contributed by atoms with Crippen LogP contribution in [-0.4, -0.2) is 73.0 Å². The first kappa shape index (κ1) is 25.0. The van der Waals surface area contributed by atoms with E-state index in [1.165, 1.54) is 18.5 Å². The van der Waals surface area contributed by atoms with Gasteiger partial charge >= 0.3 is 6.03 Å². The first-order valence-electron chi connectivity index (χ1n) is 12.3. The number of nitrogens with one attached hydrogen (secondary N) is 2. The van der Waals surface area contributed by atoms with Crippen LogP contribution in [0.3, 0.4) is 0 Å². The second-order valence-corrected chi connectivity index (χ2v) is 9.12. The molecule has 1 aliphatic heterocycles. The topological polar surface area (TPSA) is 107 Å². The minimum atomic E-state index is -0.621. The van der Waals surface area contributed by atoms with E-state index in [1.54, 1.807) is 25.3 Å². The second-order valence-electron chi connectivity index (χ2n) is 9.12. The number of benzene rings is 2. The van der Waals surface area contributed by atoms with Gasteiger partial charge in [0.25, 0.3) is 0 Å². The summed E-state index contributed by atoms with van der Waals surface area (Å²) in [5.41, 5.74) is 0.656. The van der Waals surface area contributed by atoms with Crippen LogP contribution in [-0.2, 0) is 4.74 Å². The molecule has 1 saturated heterocycles. The third kappa shape index (κ3) is 6.17. The number of halogens is 1. The third-order valence-corrected chi connectivity index (χ3v) is 6.35. The summed E-state index contributed by atoms with van der Waals surface area (Å²) in [4.78, 5) is 22.8. The first-order valence-corrected chi connectivity index (χ1v) is 12.3. The lowest BCUT2D eigenvalue weighted by atomic mass is 10.2. The number of hydrogen-bond acceptors (Lipinski definition) is 8. The molecule has 37 heavy (non-hydrogen) atoms. The quantitative estimate of drug-likeness (QED) is 0.445. The van der Waals surface area contributed by atoms with E-state index in [0.717, 1.165) is 39.1 Å². The van der Waals surface area contributed by atoms with Crippen molar-refractivity contribution in [2.45, 2.75) is 31.8 Å². The third-order valence-electron chi connectivity index (χ3n) is 6.35. The fraction of sp³-hybridized carbons (Fsp3) is 0.423. The summed E-state index contributed by atoms with van der Waals surface area (Å²) in [7, 11) is 1.56. The summed E-state index contributed by atoms with van der Waals surface area (Å²) in [6.07, 6.45) is 3.27. The van der Waals surface area contributed by atoms with Crippen LogP contribution < -0.4 is 24.8 Å². The molecule has 0 spiro atoms. The number of urea groups is 1.